The second-order valence-electron chi connectivity index (χ2n) is 3.92. The van der Waals surface area contributed by atoms with Crippen LogP contribution in [0.5, 0.6) is 0 Å². The van der Waals surface area contributed by atoms with Crippen molar-refractivity contribution in [1.82, 2.24) is 5.32 Å². The van der Waals surface area contributed by atoms with Crippen molar-refractivity contribution < 1.29 is 5.11 Å². The lowest BCUT2D eigenvalue weighted by Gasteiger charge is -2.15. The average molecular weight is 274 g/mol. The van der Waals surface area contributed by atoms with Gasteiger partial charge >= 0.3 is 0 Å². The third-order valence-electron chi connectivity index (χ3n) is 2.45. The van der Waals surface area contributed by atoms with Gasteiger partial charge in [0.05, 0.1) is 6.61 Å². The summed E-state index contributed by atoms with van der Waals surface area (Å²) in [6.45, 7) is 3.31. The van der Waals surface area contributed by atoms with E-state index in [0.717, 1.165) is 30.2 Å². The third kappa shape index (κ3) is 6.32. The molecule has 2 nitrogen and oxygen atoms in total. The van der Waals surface area contributed by atoms with Gasteiger partial charge in [-0.3, -0.25) is 0 Å². The molecule has 0 saturated heterocycles. The molecule has 1 atom stereocenters. The molecule has 96 valence electrons. The maximum atomic E-state index is 9.20. The number of benzene rings is 1. The summed E-state index contributed by atoms with van der Waals surface area (Å²) in [5.41, 5.74) is 0. The summed E-state index contributed by atoms with van der Waals surface area (Å²) in [6.07, 6.45) is 2.07. The molecule has 4 heteroatoms. The molecule has 17 heavy (non-hydrogen) atoms. The first-order valence-electron chi connectivity index (χ1n) is 5.99. The average Bonchev–Trinajstić information content (AvgIpc) is 2.36. The highest BCUT2D eigenvalue weighted by Gasteiger charge is 2.05. The van der Waals surface area contributed by atoms with Gasteiger partial charge in [-0.2, -0.15) is 0 Å². The predicted octanol–water partition coefficient (Wildman–Crippen LogP) is 3.18. The Labute approximate surface area is 113 Å². The Hall–Kier alpha value is -0.220. The first-order chi connectivity index (χ1) is 8.26. The Balaban J connectivity index is 2.23. The number of aliphatic hydroxyl groups excluding tert-OH is 1. The highest BCUT2D eigenvalue weighted by molar-refractivity contribution is 7.99. The van der Waals surface area contributed by atoms with Crippen molar-refractivity contribution in [3.63, 3.8) is 0 Å². The normalized spacial score (nSPS) is 12.6. The van der Waals surface area contributed by atoms with Crippen LogP contribution in [0.15, 0.2) is 29.2 Å². The molecule has 1 aromatic carbocycles. The summed E-state index contributed by atoms with van der Waals surface area (Å²) in [7, 11) is 0. The Morgan fingerprint density at radius 2 is 2.06 bits per heavy atom. The summed E-state index contributed by atoms with van der Waals surface area (Å²) in [6, 6.07) is 8.08. The Morgan fingerprint density at radius 3 is 2.65 bits per heavy atom. The van der Waals surface area contributed by atoms with Gasteiger partial charge in [-0.25, -0.2) is 0 Å². The number of aliphatic hydroxyl groups is 1. The van der Waals surface area contributed by atoms with E-state index in [0.29, 0.717) is 0 Å². The fraction of sp³-hybridized carbons (Fsp3) is 0.538. The molecule has 1 unspecified atom stereocenters. The molecule has 0 aliphatic carbocycles. The maximum absolute atomic E-state index is 9.20. The van der Waals surface area contributed by atoms with E-state index in [1.54, 1.807) is 11.8 Å². The number of thioether (sulfide) groups is 1. The molecular weight excluding hydrogens is 254 g/mol. The first-order valence-corrected chi connectivity index (χ1v) is 7.35. The molecule has 0 spiro atoms. The zero-order chi connectivity index (χ0) is 12.5. The van der Waals surface area contributed by atoms with Gasteiger partial charge in [0, 0.05) is 16.0 Å². The molecule has 1 aromatic rings. The standard InChI is InChI=1S/C13H20ClNOS/c1-2-8-15-12(10-16)7-9-17-13-5-3-11(14)4-6-13/h3-6,12,15-16H,2,7-10H2,1H3. The van der Waals surface area contributed by atoms with Gasteiger partial charge in [-0.1, -0.05) is 18.5 Å². The van der Waals surface area contributed by atoms with E-state index in [1.165, 1.54) is 4.90 Å². The second kappa shape index (κ2) is 8.81. The van der Waals surface area contributed by atoms with Crippen molar-refractivity contribution in [2.24, 2.45) is 0 Å². The van der Waals surface area contributed by atoms with E-state index in [-0.39, 0.29) is 12.6 Å². The van der Waals surface area contributed by atoms with Gasteiger partial charge in [0.1, 0.15) is 0 Å². The highest BCUT2D eigenvalue weighted by Crippen LogP contribution is 2.21. The van der Waals surface area contributed by atoms with Crippen LogP contribution in [0.1, 0.15) is 19.8 Å². The quantitative estimate of drug-likeness (QED) is 0.714. The van der Waals surface area contributed by atoms with Gasteiger partial charge in [0.25, 0.3) is 0 Å². The minimum atomic E-state index is 0.210. The summed E-state index contributed by atoms with van der Waals surface area (Å²) in [4.78, 5) is 1.22. The largest absolute Gasteiger partial charge is 0.395 e. The topological polar surface area (TPSA) is 32.3 Å². The van der Waals surface area contributed by atoms with Crippen LogP contribution in [0.4, 0.5) is 0 Å². The summed E-state index contributed by atoms with van der Waals surface area (Å²) in [5, 5.41) is 13.3. The smallest absolute Gasteiger partial charge is 0.0584 e. The van der Waals surface area contributed by atoms with Crippen molar-refractivity contribution in [3.8, 4) is 0 Å². The van der Waals surface area contributed by atoms with Crippen molar-refractivity contribution >= 4 is 23.4 Å². The van der Waals surface area contributed by atoms with Crippen LogP contribution in [0, 0.1) is 0 Å². The zero-order valence-electron chi connectivity index (χ0n) is 10.2. The lowest BCUT2D eigenvalue weighted by molar-refractivity contribution is 0.240. The number of nitrogens with one attached hydrogen (secondary N) is 1. The van der Waals surface area contributed by atoms with Crippen LogP contribution in [0.25, 0.3) is 0 Å². The summed E-state index contributed by atoms with van der Waals surface area (Å²) >= 11 is 7.62. The fourth-order valence-electron chi connectivity index (χ4n) is 1.46. The van der Waals surface area contributed by atoms with E-state index in [2.05, 4.69) is 12.2 Å². The van der Waals surface area contributed by atoms with Gasteiger partial charge < -0.3 is 10.4 Å². The maximum Gasteiger partial charge on any atom is 0.0584 e. The minimum Gasteiger partial charge on any atom is -0.395 e. The SMILES string of the molecule is CCCNC(CO)CCSc1ccc(Cl)cc1. The molecule has 0 heterocycles. The van der Waals surface area contributed by atoms with E-state index in [9.17, 15) is 5.11 Å². The molecule has 2 N–H and O–H groups in total. The van der Waals surface area contributed by atoms with Crippen LogP contribution in [0.3, 0.4) is 0 Å². The predicted molar refractivity (Wildman–Crippen MR) is 76.0 cm³/mol. The summed E-state index contributed by atoms with van der Waals surface area (Å²) < 4.78 is 0. The van der Waals surface area contributed by atoms with Gasteiger partial charge in [0.2, 0.25) is 0 Å². The minimum absolute atomic E-state index is 0.210. The number of rotatable bonds is 8. The lowest BCUT2D eigenvalue weighted by Crippen LogP contribution is -2.33. The third-order valence-corrected chi connectivity index (χ3v) is 3.75. The van der Waals surface area contributed by atoms with E-state index in [4.69, 9.17) is 11.6 Å². The Bertz CT molecular complexity index is 305. The van der Waals surface area contributed by atoms with Crippen molar-refractivity contribution in [2.75, 3.05) is 18.9 Å². The van der Waals surface area contributed by atoms with Gasteiger partial charge in [-0.05, 0) is 49.4 Å². The lowest BCUT2D eigenvalue weighted by atomic mass is 10.2. The highest BCUT2D eigenvalue weighted by atomic mass is 35.5. The van der Waals surface area contributed by atoms with E-state index in [1.807, 2.05) is 24.3 Å². The van der Waals surface area contributed by atoms with Crippen LogP contribution in [0.2, 0.25) is 5.02 Å². The van der Waals surface area contributed by atoms with Crippen molar-refractivity contribution in [1.29, 1.82) is 0 Å². The van der Waals surface area contributed by atoms with Crippen LogP contribution in [-0.4, -0.2) is 30.1 Å². The zero-order valence-corrected chi connectivity index (χ0v) is 11.7. The second-order valence-corrected chi connectivity index (χ2v) is 5.53. The molecule has 0 aliphatic heterocycles. The van der Waals surface area contributed by atoms with Crippen LogP contribution >= 0.6 is 23.4 Å². The molecule has 0 bridgehead atoms. The molecule has 0 aromatic heterocycles. The number of hydrogen-bond acceptors (Lipinski definition) is 3. The van der Waals surface area contributed by atoms with E-state index >= 15 is 0 Å². The first kappa shape index (κ1) is 14.8. The van der Waals surface area contributed by atoms with Crippen LogP contribution in [-0.2, 0) is 0 Å². The molecule has 0 aliphatic rings. The monoisotopic (exact) mass is 273 g/mol. The molecule has 1 rings (SSSR count). The summed E-state index contributed by atoms with van der Waals surface area (Å²) in [5.74, 6) is 1.00. The van der Waals surface area contributed by atoms with E-state index < -0.39 is 0 Å². The molecular formula is C13H20ClNOS. The molecule has 0 fully saturated rings. The van der Waals surface area contributed by atoms with Gasteiger partial charge in [-0.15, -0.1) is 11.8 Å². The Morgan fingerprint density at radius 1 is 1.35 bits per heavy atom. The molecule has 0 amide bonds. The van der Waals surface area contributed by atoms with Gasteiger partial charge in [0.15, 0.2) is 0 Å². The Kier molecular flexibility index (Phi) is 7.69. The fourth-order valence-corrected chi connectivity index (χ4v) is 2.55. The number of hydrogen-bond donors (Lipinski definition) is 2. The molecule has 0 radical (unpaired) electrons. The van der Waals surface area contributed by atoms with Crippen LogP contribution < -0.4 is 5.32 Å². The number of halogens is 1. The molecule has 0 saturated carbocycles. The van der Waals surface area contributed by atoms with Crippen molar-refractivity contribution in [2.45, 2.75) is 30.7 Å². The van der Waals surface area contributed by atoms with Crippen molar-refractivity contribution in [3.05, 3.63) is 29.3 Å².